The predicted molar refractivity (Wildman–Crippen MR) is 49.9 cm³/mol. The lowest BCUT2D eigenvalue weighted by Gasteiger charge is -2.07. The molecule has 72 valence electrons. The average Bonchev–Trinajstić information content (AvgIpc) is 2.50. The molecule has 0 saturated carbocycles. The fourth-order valence-electron chi connectivity index (χ4n) is 0.787. The van der Waals surface area contributed by atoms with E-state index in [4.69, 9.17) is 4.55 Å². The molecule has 1 rings (SSSR count). The van der Waals surface area contributed by atoms with Crippen molar-refractivity contribution >= 4 is 21.7 Å². The molecule has 1 heterocycles. The van der Waals surface area contributed by atoms with Gasteiger partial charge in [-0.2, -0.15) is 8.42 Å². The van der Waals surface area contributed by atoms with Gasteiger partial charge in [-0.15, -0.1) is 17.9 Å². The molecule has 6 heteroatoms. The summed E-state index contributed by atoms with van der Waals surface area (Å²) in [6.45, 7) is 3.41. The van der Waals surface area contributed by atoms with Crippen molar-refractivity contribution in [2.24, 2.45) is 0 Å². The summed E-state index contributed by atoms with van der Waals surface area (Å²) < 4.78 is 33.5. The smallest absolute Gasteiger partial charge is 0.264 e. The Labute approximate surface area is 80.4 Å². The van der Waals surface area contributed by atoms with Crippen LogP contribution < -0.4 is 0 Å². The first-order valence-electron chi connectivity index (χ1n) is 3.34. The Morgan fingerprint density at radius 1 is 1.69 bits per heavy atom. The number of hydrogen-bond acceptors (Lipinski definition) is 4. The molecule has 1 aromatic rings. The molecule has 1 aromatic heterocycles. The third kappa shape index (κ3) is 3.27. The maximum Gasteiger partial charge on any atom is 0.398 e. The van der Waals surface area contributed by atoms with Gasteiger partial charge >= 0.3 is 10.4 Å². The maximum absolute atomic E-state index is 10.4. The van der Waals surface area contributed by atoms with Crippen LogP contribution in [0.25, 0.3) is 0 Å². The summed E-state index contributed by atoms with van der Waals surface area (Å²) in [6, 6.07) is 3.45. The molecule has 0 amide bonds. The second-order valence-corrected chi connectivity index (χ2v) is 4.22. The molecule has 1 unspecified atom stereocenters. The average molecular weight is 220 g/mol. The normalized spacial score (nSPS) is 13.9. The fourth-order valence-corrected chi connectivity index (χ4v) is 2.04. The van der Waals surface area contributed by atoms with Crippen LogP contribution in [0.2, 0.25) is 0 Å². The van der Waals surface area contributed by atoms with Crippen LogP contribution in [-0.4, -0.2) is 13.0 Å². The Kier molecular flexibility index (Phi) is 3.21. The summed E-state index contributed by atoms with van der Waals surface area (Å²) >= 11 is 1.32. The van der Waals surface area contributed by atoms with Crippen LogP contribution in [0.3, 0.4) is 0 Å². The van der Waals surface area contributed by atoms with Gasteiger partial charge in [0.2, 0.25) is 0 Å². The first-order valence-corrected chi connectivity index (χ1v) is 5.59. The summed E-state index contributed by atoms with van der Waals surface area (Å²) in [5.41, 5.74) is 0. The summed E-state index contributed by atoms with van der Waals surface area (Å²) in [5.74, 6) is 0. The van der Waals surface area contributed by atoms with Gasteiger partial charge in [-0.25, -0.2) is 4.18 Å². The van der Waals surface area contributed by atoms with Gasteiger partial charge in [-0.3, -0.25) is 4.55 Å². The highest BCUT2D eigenvalue weighted by Gasteiger charge is 2.16. The molecular formula is C7H8O4S2. The molecule has 0 aliphatic heterocycles. The van der Waals surface area contributed by atoms with E-state index in [0.29, 0.717) is 4.88 Å². The standard InChI is InChI=1S/C7H8O4S2/c1-2-6(11-13(8,9)10)7-4-3-5-12-7/h2-6H,1H2,(H,8,9,10). The Hall–Kier alpha value is -0.690. The van der Waals surface area contributed by atoms with Crippen molar-refractivity contribution in [3.8, 4) is 0 Å². The Morgan fingerprint density at radius 3 is 2.77 bits per heavy atom. The largest absolute Gasteiger partial charge is 0.398 e. The van der Waals surface area contributed by atoms with Gasteiger partial charge in [0, 0.05) is 4.88 Å². The third-order valence-electron chi connectivity index (χ3n) is 1.26. The zero-order valence-electron chi connectivity index (χ0n) is 6.58. The minimum atomic E-state index is -4.43. The molecule has 0 spiro atoms. The van der Waals surface area contributed by atoms with E-state index in [0.717, 1.165) is 0 Å². The number of rotatable bonds is 4. The molecule has 0 saturated heterocycles. The lowest BCUT2D eigenvalue weighted by Crippen LogP contribution is -2.07. The van der Waals surface area contributed by atoms with Crippen LogP contribution in [0.4, 0.5) is 0 Å². The van der Waals surface area contributed by atoms with Crippen molar-refractivity contribution in [1.29, 1.82) is 0 Å². The predicted octanol–water partition coefficient (Wildman–Crippen LogP) is 1.79. The van der Waals surface area contributed by atoms with Gasteiger partial charge in [-0.05, 0) is 11.4 Å². The van der Waals surface area contributed by atoms with Crippen molar-refractivity contribution in [2.75, 3.05) is 0 Å². The molecule has 0 fully saturated rings. The zero-order valence-corrected chi connectivity index (χ0v) is 8.22. The first kappa shape index (κ1) is 10.4. The van der Waals surface area contributed by atoms with E-state index in [2.05, 4.69) is 10.8 Å². The SMILES string of the molecule is C=CC(OS(=O)(=O)O)c1cccs1. The quantitative estimate of drug-likeness (QED) is 0.620. The molecule has 4 nitrogen and oxygen atoms in total. The number of thiophene rings is 1. The second-order valence-electron chi connectivity index (χ2n) is 2.20. The third-order valence-corrected chi connectivity index (χ3v) is 2.65. The van der Waals surface area contributed by atoms with Crippen molar-refractivity contribution in [3.63, 3.8) is 0 Å². The van der Waals surface area contributed by atoms with Crippen molar-refractivity contribution < 1.29 is 17.2 Å². The van der Waals surface area contributed by atoms with E-state index in [-0.39, 0.29) is 0 Å². The van der Waals surface area contributed by atoms with Gasteiger partial charge in [0.05, 0.1) is 0 Å². The van der Waals surface area contributed by atoms with Gasteiger partial charge < -0.3 is 0 Å². The number of hydrogen-bond donors (Lipinski definition) is 1. The highest BCUT2D eigenvalue weighted by Crippen LogP contribution is 2.24. The van der Waals surface area contributed by atoms with E-state index in [1.54, 1.807) is 17.5 Å². The van der Waals surface area contributed by atoms with Crippen LogP contribution in [0.15, 0.2) is 30.2 Å². The van der Waals surface area contributed by atoms with E-state index in [1.807, 2.05) is 0 Å². The molecule has 13 heavy (non-hydrogen) atoms. The minimum Gasteiger partial charge on any atom is -0.264 e. The van der Waals surface area contributed by atoms with E-state index >= 15 is 0 Å². The lowest BCUT2D eigenvalue weighted by molar-refractivity contribution is 0.226. The Balaban J connectivity index is 2.82. The van der Waals surface area contributed by atoms with Gasteiger partial charge in [0.25, 0.3) is 0 Å². The topological polar surface area (TPSA) is 63.6 Å². The van der Waals surface area contributed by atoms with Crippen LogP contribution in [0.5, 0.6) is 0 Å². The molecule has 0 aliphatic rings. The summed E-state index contributed by atoms with van der Waals surface area (Å²) in [4.78, 5) is 0.674. The molecule has 0 bridgehead atoms. The van der Waals surface area contributed by atoms with Crippen LogP contribution >= 0.6 is 11.3 Å². The Morgan fingerprint density at radius 2 is 2.38 bits per heavy atom. The lowest BCUT2D eigenvalue weighted by atomic mass is 10.3. The first-order chi connectivity index (χ1) is 6.03. The van der Waals surface area contributed by atoms with Gasteiger partial charge in [0.15, 0.2) is 0 Å². The summed E-state index contributed by atoms with van der Waals surface area (Å²) in [6.07, 6.45) is 0.495. The van der Waals surface area contributed by atoms with E-state index < -0.39 is 16.5 Å². The Bertz CT molecular complexity index is 365. The van der Waals surface area contributed by atoms with Crippen molar-refractivity contribution in [1.82, 2.24) is 0 Å². The minimum absolute atomic E-state index is 0.674. The van der Waals surface area contributed by atoms with Crippen molar-refractivity contribution in [3.05, 3.63) is 35.0 Å². The highest BCUT2D eigenvalue weighted by molar-refractivity contribution is 7.80. The summed E-state index contributed by atoms with van der Waals surface area (Å²) in [7, 11) is -4.43. The maximum atomic E-state index is 10.4. The van der Waals surface area contributed by atoms with Gasteiger partial charge in [0.1, 0.15) is 6.10 Å². The second kappa shape index (κ2) is 4.01. The molecular weight excluding hydrogens is 212 g/mol. The summed E-state index contributed by atoms with van der Waals surface area (Å²) in [5, 5.41) is 1.78. The zero-order chi connectivity index (χ0) is 9.90. The van der Waals surface area contributed by atoms with Crippen LogP contribution in [-0.2, 0) is 14.6 Å². The molecule has 0 radical (unpaired) electrons. The highest BCUT2D eigenvalue weighted by atomic mass is 32.3. The van der Waals surface area contributed by atoms with Crippen LogP contribution in [0.1, 0.15) is 11.0 Å². The van der Waals surface area contributed by atoms with Crippen molar-refractivity contribution in [2.45, 2.75) is 6.10 Å². The monoisotopic (exact) mass is 220 g/mol. The fraction of sp³-hybridized carbons (Fsp3) is 0.143. The molecule has 1 atom stereocenters. The van der Waals surface area contributed by atoms with E-state index in [9.17, 15) is 8.42 Å². The van der Waals surface area contributed by atoms with Crippen LogP contribution in [0, 0.1) is 0 Å². The molecule has 0 aliphatic carbocycles. The molecule has 0 aromatic carbocycles. The molecule has 1 N–H and O–H groups in total. The van der Waals surface area contributed by atoms with E-state index in [1.165, 1.54) is 17.4 Å². The van der Waals surface area contributed by atoms with Gasteiger partial charge in [-0.1, -0.05) is 12.1 Å².